The van der Waals surface area contributed by atoms with Crippen LogP contribution in [0.3, 0.4) is 0 Å². The molecule has 4 N–H and O–H groups in total. The molecule has 1 fully saturated rings. The van der Waals surface area contributed by atoms with E-state index in [2.05, 4.69) is 4.72 Å². The van der Waals surface area contributed by atoms with Gasteiger partial charge in [0.15, 0.2) is 11.2 Å². The maximum atomic E-state index is 12.4. The third kappa shape index (κ3) is 5.08. The summed E-state index contributed by atoms with van der Waals surface area (Å²) in [6, 6.07) is 8.60. The van der Waals surface area contributed by atoms with Gasteiger partial charge in [0.25, 0.3) is 10.0 Å². The van der Waals surface area contributed by atoms with Crippen LogP contribution in [0.15, 0.2) is 29.2 Å². The lowest BCUT2D eigenvalue weighted by atomic mass is 9.92. The third-order valence-corrected chi connectivity index (χ3v) is 5.95. The van der Waals surface area contributed by atoms with E-state index in [-0.39, 0.29) is 0 Å². The Kier molecular flexibility index (Phi) is 7.16. The molecule has 28 heavy (non-hydrogen) atoms. The van der Waals surface area contributed by atoms with E-state index in [1.54, 1.807) is 30.3 Å². The summed E-state index contributed by atoms with van der Waals surface area (Å²) in [4.78, 5) is 1.38. The van der Waals surface area contributed by atoms with E-state index < -0.39 is 52.0 Å². The fraction of sp³-hybridized carbons (Fsp3) is 0.500. The van der Waals surface area contributed by atoms with Crippen molar-refractivity contribution < 1.29 is 28.5 Å². The van der Waals surface area contributed by atoms with E-state index in [1.165, 1.54) is 13.0 Å². The van der Waals surface area contributed by atoms with Gasteiger partial charge in [0.2, 0.25) is 0 Å². The first-order valence-electron chi connectivity index (χ1n) is 8.65. The molecule has 2 rings (SSSR count). The van der Waals surface area contributed by atoms with Crippen molar-refractivity contribution in [1.29, 1.82) is 5.26 Å². The smallest absolute Gasteiger partial charge is 0.250 e. The van der Waals surface area contributed by atoms with Crippen LogP contribution in [0.5, 0.6) is 0 Å². The van der Waals surface area contributed by atoms with Crippen LogP contribution in [0, 0.1) is 17.2 Å². The van der Waals surface area contributed by atoms with Crippen molar-refractivity contribution in [2.45, 2.75) is 31.5 Å². The SMILES string of the molecule is C[C@H]1C(O)O[C@H](CNS(=O)(=O)/C(C#N)=C/c2ccc(N(C)C)cc2)[C@@H](O)[C@@H]1O. The Morgan fingerprint density at radius 2 is 1.86 bits per heavy atom. The number of nitrogens with zero attached hydrogens (tertiary/aromatic N) is 2. The van der Waals surface area contributed by atoms with Crippen molar-refractivity contribution in [2.75, 3.05) is 25.5 Å². The fourth-order valence-electron chi connectivity index (χ4n) is 2.71. The Labute approximate surface area is 164 Å². The van der Waals surface area contributed by atoms with Crippen LogP contribution < -0.4 is 9.62 Å². The Morgan fingerprint density at radius 1 is 1.25 bits per heavy atom. The molecule has 0 aliphatic carbocycles. The van der Waals surface area contributed by atoms with E-state index in [1.807, 2.05) is 19.0 Å². The minimum absolute atomic E-state index is 0.414. The molecule has 0 saturated carbocycles. The summed E-state index contributed by atoms with van der Waals surface area (Å²) in [5.41, 5.74) is 1.45. The third-order valence-electron chi connectivity index (χ3n) is 4.62. The van der Waals surface area contributed by atoms with Crippen molar-refractivity contribution >= 4 is 21.8 Å². The van der Waals surface area contributed by atoms with Crippen molar-refractivity contribution in [3.8, 4) is 6.07 Å². The molecular formula is C18H25N3O6S. The first kappa shape index (κ1) is 22.3. The van der Waals surface area contributed by atoms with Gasteiger partial charge < -0.3 is 25.0 Å². The zero-order valence-electron chi connectivity index (χ0n) is 15.8. The molecule has 9 nitrogen and oxygen atoms in total. The van der Waals surface area contributed by atoms with Gasteiger partial charge in [0.05, 0.1) is 6.10 Å². The molecule has 0 amide bonds. The second kappa shape index (κ2) is 9.00. The summed E-state index contributed by atoms with van der Waals surface area (Å²) in [6.45, 7) is 1.08. The molecule has 1 aliphatic rings. The van der Waals surface area contributed by atoms with Gasteiger partial charge in [-0.05, 0) is 23.8 Å². The minimum Gasteiger partial charge on any atom is -0.390 e. The summed E-state index contributed by atoms with van der Waals surface area (Å²) in [7, 11) is -0.440. The first-order valence-corrected chi connectivity index (χ1v) is 10.1. The number of nitriles is 1. The summed E-state index contributed by atoms with van der Waals surface area (Å²) in [5, 5.41) is 38.9. The zero-order chi connectivity index (χ0) is 21.1. The number of ether oxygens (including phenoxy) is 1. The molecule has 0 radical (unpaired) electrons. The highest BCUT2D eigenvalue weighted by Gasteiger charge is 2.41. The summed E-state index contributed by atoms with van der Waals surface area (Å²) >= 11 is 0. The average molecular weight is 411 g/mol. The van der Waals surface area contributed by atoms with E-state index in [0.29, 0.717) is 5.56 Å². The van der Waals surface area contributed by atoms with Gasteiger partial charge in [-0.1, -0.05) is 19.1 Å². The molecule has 1 aliphatic heterocycles. The van der Waals surface area contributed by atoms with Gasteiger partial charge in [0.1, 0.15) is 18.3 Å². The van der Waals surface area contributed by atoms with E-state index in [0.717, 1.165) is 5.69 Å². The number of nitrogens with one attached hydrogen (secondary N) is 1. The molecule has 1 unspecified atom stereocenters. The molecule has 5 atom stereocenters. The molecule has 154 valence electrons. The van der Waals surface area contributed by atoms with Crippen LogP contribution in [0.2, 0.25) is 0 Å². The quantitative estimate of drug-likeness (QED) is 0.464. The van der Waals surface area contributed by atoms with Crippen LogP contribution in [0.25, 0.3) is 6.08 Å². The van der Waals surface area contributed by atoms with Crippen LogP contribution in [0.4, 0.5) is 5.69 Å². The molecule has 1 aromatic rings. The lowest BCUT2D eigenvalue weighted by Gasteiger charge is -2.39. The van der Waals surface area contributed by atoms with Gasteiger partial charge in [-0.3, -0.25) is 0 Å². The number of hydrogen-bond acceptors (Lipinski definition) is 8. The number of hydrogen-bond donors (Lipinski definition) is 4. The normalized spacial score (nSPS) is 28.6. The van der Waals surface area contributed by atoms with Crippen LogP contribution in [0.1, 0.15) is 12.5 Å². The molecule has 0 aromatic heterocycles. The van der Waals surface area contributed by atoms with E-state index in [4.69, 9.17) is 4.74 Å². The molecule has 1 saturated heterocycles. The summed E-state index contributed by atoms with van der Waals surface area (Å²) in [6.07, 6.45) is -3.91. The molecule has 0 spiro atoms. The maximum Gasteiger partial charge on any atom is 0.250 e. The van der Waals surface area contributed by atoms with Crippen molar-refractivity contribution in [3.05, 3.63) is 34.7 Å². The van der Waals surface area contributed by atoms with Gasteiger partial charge in [-0.15, -0.1) is 0 Å². The Hall–Kier alpha value is -2.00. The summed E-state index contributed by atoms with van der Waals surface area (Å²) < 4.78 is 32.2. The molecule has 1 aromatic carbocycles. The molecule has 0 bridgehead atoms. The van der Waals surface area contributed by atoms with Crippen LogP contribution >= 0.6 is 0 Å². The number of rotatable bonds is 6. The number of aliphatic hydroxyl groups is 3. The Balaban J connectivity index is 2.12. The standard InChI is InChI=1S/C18H25N3O6S/c1-11-16(22)17(23)15(27-18(11)24)10-20-28(25,26)14(9-19)8-12-4-6-13(7-5-12)21(2)3/h4-8,11,15-18,20,22-24H,10H2,1-3H3/b14-8+/t11-,15-,16-,17-,18?/m1/s1. The highest BCUT2D eigenvalue weighted by molar-refractivity contribution is 7.93. The number of anilines is 1. The highest BCUT2D eigenvalue weighted by atomic mass is 32.2. The minimum atomic E-state index is -4.18. The largest absolute Gasteiger partial charge is 0.390 e. The number of aliphatic hydroxyl groups excluding tert-OH is 3. The molecule has 1 heterocycles. The Morgan fingerprint density at radius 3 is 2.39 bits per heavy atom. The second-order valence-electron chi connectivity index (χ2n) is 6.86. The predicted octanol–water partition coefficient (Wildman–Crippen LogP) is -0.388. The average Bonchev–Trinajstić information content (AvgIpc) is 2.66. The predicted molar refractivity (Wildman–Crippen MR) is 103 cm³/mol. The van der Waals surface area contributed by atoms with Gasteiger partial charge in [-0.25, -0.2) is 13.1 Å². The monoisotopic (exact) mass is 411 g/mol. The van der Waals surface area contributed by atoms with Gasteiger partial charge >= 0.3 is 0 Å². The highest BCUT2D eigenvalue weighted by Crippen LogP contribution is 2.24. The number of benzene rings is 1. The fourth-order valence-corrected chi connectivity index (χ4v) is 3.66. The zero-order valence-corrected chi connectivity index (χ0v) is 16.7. The maximum absolute atomic E-state index is 12.4. The van der Waals surface area contributed by atoms with E-state index >= 15 is 0 Å². The topological polar surface area (TPSA) is 143 Å². The lowest BCUT2D eigenvalue weighted by Crippen LogP contribution is -2.56. The molecule has 10 heteroatoms. The second-order valence-corrected chi connectivity index (χ2v) is 8.60. The Bertz CT molecular complexity index is 847. The summed E-state index contributed by atoms with van der Waals surface area (Å²) in [5.74, 6) is -0.720. The van der Waals surface area contributed by atoms with E-state index in [9.17, 15) is 29.0 Å². The number of sulfonamides is 1. The van der Waals surface area contributed by atoms with Crippen molar-refractivity contribution in [3.63, 3.8) is 0 Å². The van der Waals surface area contributed by atoms with Crippen LogP contribution in [-0.4, -0.2) is 69.0 Å². The molecular weight excluding hydrogens is 386 g/mol. The van der Waals surface area contributed by atoms with Crippen molar-refractivity contribution in [1.82, 2.24) is 4.72 Å². The van der Waals surface area contributed by atoms with Crippen LogP contribution in [-0.2, 0) is 14.8 Å². The van der Waals surface area contributed by atoms with Gasteiger partial charge in [0, 0.05) is 32.2 Å². The van der Waals surface area contributed by atoms with Crippen molar-refractivity contribution in [2.24, 2.45) is 5.92 Å². The first-order chi connectivity index (χ1) is 13.1. The van der Waals surface area contributed by atoms with Gasteiger partial charge in [-0.2, -0.15) is 5.26 Å². The number of allylic oxidation sites excluding steroid dienone is 1. The lowest BCUT2D eigenvalue weighted by molar-refractivity contribution is -0.257.